The van der Waals surface area contributed by atoms with Crippen molar-refractivity contribution in [2.24, 2.45) is 0 Å². The maximum Gasteiger partial charge on any atom is 0.132 e. The van der Waals surface area contributed by atoms with Gasteiger partial charge in [0.15, 0.2) is 0 Å². The number of halogens is 1. The molecule has 0 saturated heterocycles. The van der Waals surface area contributed by atoms with Gasteiger partial charge < -0.3 is 10.2 Å². The number of hydrogen-bond donors (Lipinski definition) is 2. The number of hydrogen-bond acceptors (Lipinski definition) is 2. The molecule has 13 heavy (non-hydrogen) atoms. The predicted octanol–water partition coefficient (Wildman–Crippen LogP) is 2.39. The predicted molar refractivity (Wildman–Crippen MR) is 55.9 cm³/mol. The minimum Gasteiger partial charge on any atom is -0.506 e. The van der Waals surface area contributed by atoms with Crippen molar-refractivity contribution in [1.82, 2.24) is 0 Å². The van der Waals surface area contributed by atoms with Gasteiger partial charge in [0.1, 0.15) is 5.75 Å². The number of aliphatic hydroxyl groups excluding tert-OH is 1. The third kappa shape index (κ3) is 2.45. The topological polar surface area (TPSA) is 40.5 Å². The molecule has 1 aromatic rings. The summed E-state index contributed by atoms with van der Waals surface area (Å²) in [5.74, 6) is 0.262. The number of phenolic OH excluding ortho intramolecular Hbond substituents is 1. The van der Waals surface area contributed by atoms with Crippen LogP contribution < -0.4 is 0 Å². The molecule has 0 aliphatic rings. The second-order valence-electron chi connectivity index (χ2n) is 3.26. The molecule has 0 amide bonds. The molecule has 0 fully saturated rings. The number of aliphatic hydroxyl groups is 1. The Labute approximate surface area is 86.3 Å². The lowest BCUT2D eigenvalue weighted by molar-refractivity contribution is 0.195. The van der Waals surface area contributed by atoms with E-state index in [9.17, 15) is 10.2 Å². The van der Waals surface area contributed by atoms with E-state index in [1.54, 1.807) is 6.92 Å². The number of rotatable bonds is 2. The maximum atomic E-state index is 9.57. The fourth-order valence-corrected chi connectivity index (χ4v) is 1.79. The highest BCUT2D eigenvalue weighted by Crippen LogP contribution is 2.31. The highest BCUT2D eigenvalue weighted by Gasteiger charge is 2.09. The zero-order chi connectivity index (χ0) is 10.0. The van der Waals surface area contributed by atoms with Crippen LogP contribution in [0, 0.1) is 6.92 Å². The fraction of sp³-hybridized carbons (Fsp3) is 0.400. The van der Waals surface area contributed by atoms with Crippen molar-refractivity contribution in [3.63, 3.8) is 0 Å². The third-order valence-electron chi connectivity index (χ3n) is 1.91. The first-order chi connectivity index (χ1) is 6.02. The molecular formula is C10H13BrO2. The van der Waals surface area contributed by atoms with E-state index in [4.69, 9.17) is 0 Å². The molecule has 2 nitrogen and oxygen atoms in total. The van der Waals surface area contributed by atoms with Gasteiger partial charge in [0.25, 0.3) is 0 Å². The third-order valence-corrected chi connectivity index (χ3v) is 2.80. The van der Waals surface area contributed by atoms with Gasteiger partial charge in [0.05, 0.1) is 10.6 Å². The summed E-state index contributed by atoms with van der Waals surface area (Å²) in [6, 6.07) is 3.75. The van der Waals surface area contributed by atoms with Crippen molar-refractivity contribution in [3.05, 3.63) is 27.7 Å². The van der Waals surface area contributed by atoms with Gasteiger partial charge >= 0.3 is 0 Å². The van der Waals surface area contributed by atoms with Crippen LogP contribution in [-0.2, 0) is 6.42 Å². The largest absolute Gasteiger partial charge is 0.506 e. The minimum atomic E-state index is -0.390. The lowest BCUT2D eigenvalue weighted by Gasteiger charge is -2.09. The highest BCUT2D eigenvalue weighted by molar-refractivity contribution is 9.10. The molecule has 0 aliphatic heterocycles. The Morgan fingerprint density at radius 1 is 1.46 bits per heavy atom. The average Bonchev–Trinajstić information content (AvgIpc) is 2.06. The molecule has 0 bridgehead atoms. The minimum absolute atomic E-state index is 0.262. The van der Waals surface area contributed by atoms with E-state index in [1.807, 2.05) is 19.1 Å². The second kappa shape index (κ2) is 4.11. The van der Waals surface area contributed by atoms with Crippen LogP contribution in [0.2, 0.25) is 0 Å². The van der Waals surface area contributed by atoms with Gasteiger partial charge in [-0.25, -0.2) is 0 Å². The molecule has 0 spiro atoms. The van der Waals surface area contributed by atoms with E-state index in [0.717, 1.165) is 11.1 Å². The smallest absolute Gasteiger partial charge is 0.132 e. The van der Waals surface area contributed by atoms with Crippen LogP contribution in [0.3, 0.4) is 0 Å². The Balaban J connectivity index is 3.04. The van der Waals surface area contributed by atoms with Crippen LogP contribution in [0.25, 0.3) is 0 Å². The van der Waals surface area contributed by atoms with Crippen LogP contribution >= 0.6 is 15.9 Å². The number of aryl methyl sites for hydroxylation is 1. The highest BCUT2D eigenvalue weighted by atomic mass is 79.9. The van der Waals surface area contributed by atoms with Crippen LogP contribution in [0.4, 0.5) is 0 Å². The lowest BCUT2D eigenvalue weighted by Crippen LogP contribution is -2.04. The first-order valence-electron chi connectivity index (χ1n) is 4.17. The Hall–Kier alpha value is -0.540. The standard InChI is InChI=1S/C10H13BrO2/c1-6-3-4-8(5-7(2)12)9(11)10(6)13/h3-4,7,12-13H,5H2,1-2H3. The summed E-state index contributed by atoms with van der Waals surface area (Å²) in [7, 11) is 0. The summed E-state index contributed by atoms with van der Waals surface area (Å²) >= 11 is 3.30. The van der Waals surface area contributed by atoms with Gasteiger partial charge in [0, 0.05) is 0 Å². The lowest BCUT2D eigenvalue weighted by atomic mass is 10.1. The fourth-order valence-electron chi connectivity index (χ4n) is 1.18. The molecule has 1 rings (SSSR count). The Bertz CT molecular complexity index is 308. The van der Waals surface area contributed by atoms with E-state index in [1.165, 1.54) is 0 Å². The first kappa shape index (κ1) is 10.5. The molecule has 0 radical (unpaired) electrons. The van der Waals surface area contributed by atoms with Crippen molar-refractivity contribution in [2.75, 3.05) is 0 Å². The first-order valence-corrected chi connectivity index (χ1v) is 4.96. The van der Waals surface area contributed by atoms with Crippen molar-refractivity contribution in [2.45, 2.75) is 26.4 Å². The van der Waals surface area contributed by atoms with E-state index < -0.39 is 6.10 Å². The summed E-state index contributed by atoms with van der Waals surface area (Å²) < 4.78 is 0.688. The normalized spacial score (nSPS) is 12.9. The van der Waals surface area contributed by atoms with E-state index in [2.05, 4.69) is 15.9 Å². The quantitative estimate of drug-likeness (QED) is 0.839. The summed E-state index contributed by atoms with van der Waals surface area (Å²) in [5.41, 5.74) is 1.76. The molecule has 1 aromatic carbocycles. The van der Waals surface area contributed by atoms with Gasteiger partial charge in [-0.05, 0) is 47.3 Å². The van der Waals surface area contributed by atoms with E-state index >= 15 is 0 Å². The summed E-state index contributed by atoms with van der Waals surface area (Å²) in [6.07, 6.45) is 0.160. The molecule has 0 aromatic heterocycles. The molecule has 0 heterocycles. The number of benzene rings is 1. The van der Waals surface area contributed by atoms with Crippen molar-refractivity contribution in [3.8, 4) is 5.75 Å². The van der Waals surface area contributed by atoms with Crippen LogP contribution in [0.15, 0.2) is 16.6 Å². The molecular weight excluding hydrogens is 232 g/mol. The molecule has 1 unspecified atom stereocenters. The molecule has 0 aliphatic carbocycles. The Morgan fingerprint density at radius 3 is 2.62 bits per heavy atom. The Morgan fingerprint density at radius 2 is 2.08 bits per heavy atom. The van der Waals surface area contributed by atoms with Gasteiger partial charge in [0.2, 0.25) is 0 Å². The van der Waals surface area contributed by atoms with Crippen molar-refractivity contribution < 1.29 is 10.2 Å². The molecule has 2 N–H and O–H groups in total. The van der Waals surface area contributed by atoms with Crippen LogP contribution in [-0.4, -0.2) is 16.3 Å². The summed E-state index contributed by atoms with van der Waals surface area (Å²) in [6.45, 7) is 3.57. The maximum absolute atomic E-state index is 9.57. The van der Waals surface area contributed by atoms with Gasteiger partial charge in [-0.15, -0.1) is 0 Å². The Kier molecular flexibility index (Phi) is 3.33. The van der Waals surface area contributed by atoms with Crippen molar-refractivity contribution in [1.29, 1.82) is 0 Å². The SMILES string of the molecule is Cc1ccc(CC(C)O)c(Br)c1O. The van der Waals surface area contributed by atoms with Crippen LogP contribution in [0.1, 0.15) is 18.1 Å². The zero-order valence-electron chi connectivity index (χ0n) is 7.71. The number of aromatic hydroxyl groups is 1. The molecule has 3 heteroatoms. The van der Waals surface area contributed by atoms with E-state index in [-0.39, 0.29) is 5.75 Å². The molecule has 0 saturated carbocycles. The number of phenols is 1. The summed E-state index contributed by atoms with van der Waals surface area (Å²) in [4.78, 5) is 0. The van der Waals surface area contributed by atoms with Crippen LogP contribution in [0.5, 0.6) is 5.75 Å². The zero-order valence-corrected chi connectivity index (χ0v) is 9.30. The molecule has 1 atom stereocenters. The summed E-state index contributed by atoms with van der Waals surface area (Å²) in [5, 5.41) is 18.8. The van der Waals surface area contributed by atoms with Gasteiger partial charge in [-0.2, -0.15) is 0 Å². The average molecular weight is 245 g/mol. The van der Waals surface area contributed by atoms with E-state index in [0.29, 0.717) is 10.9 Å². The molecule has 72 valence electrons. The van der Waals surface area contributed by atoms with Crippen molar-refractivity contribution >= 4 is 15.9 Å². The van der Waals surface area contributed by atoms with Gasteiger partial charge in [-0.1, -0.05) is 12.1 Å². The monoisotopic (exact) mass is 244 g/mol. The second-order valence-corrected chi connectivity index (χ2v) is 4.05. The van der Waals surface area contributed by atoms with Gasteiger partial charge in [-0.3, -0.25) is 0 Å².